The van der Waals surface area contributed by atoms with Gasteiger partial charge in [0.1, 0.15) is 52.2 Å². The van der Waals surface area contributed by atoms with Crippen LogP contribution in [0.4, 0.5) is 52.7 Å². The minimum absolute atomic E-state index is 0. The molecule has 6 saturated carbocycles. The van der Waals surface area contributed by atoms with E-state index in [-0.39, 0.29) is 24.1 Å². The third-order valence-electron chi connectivity index (χ3n) is 21.4. The molecule has 0 spiro atoms. The number of rotatable bonds is 19. The summed E-state index contributed by atoms with van der Waals surface area (Å²) in [7, 11) is 0. The van der Waals surface area contributed by atoms with Crippen LogP contribution in [0.5, 0.6) is 17.2 Å². The van der Waals surface area contributed by atoms with E-state index in [0.29, 0.717) is 74.0 Å². The quantitative estimate of drug-likeness (QED) is 0.0884. The molecule has 0 N–H and O–H groups in total. The molecule has 15 heteroatoms. The predicted octanol–water partition coefficient (Wildman–Crippen LogP) is 24.0. The Balaban J connectivity index is 0.000000205. The molecule has 0 heterocycles. The van der Waals surface area contributed by atoms with Gasteiger partial charge in [-0.2, -0.15) is 26.3 Å². The number of benzene rings is 3. The van der Waals surface area contributed by atoms with Crippen molar-refractivity contribution in [3.63, 3.8) is 0 Å². The van der Waals surface area contributed by atoms with Gasteiger partial charge < -0.3 is 14.2 Å². The minimum Gasteiger partial charge on any atom is -0.432 e. The van der Waals surface area contributed by atoms with Crippen LogP contribution in [-0.2, 0) is 0 Å². The molecule has 0 atom stereocenters. The fourth-order valence-electron chi connectivity index (χ4n) is 15.6. The second kappa shape index (κ2) is 32.8. The Labute approximate surface area is 507 Å². The van der Waals surface area contributed by atoms with E-state index in [1.165, 1.54) is 143 Å². The summed E-state index contributed by atoms with van der Waals surface area (Å²) in [6.07, 6.45) is 21.1. The highest BCUT2D eigenvalue weighted by molar-refractivity contribution is 5.32. The summed E-state index contributed by atoms with van der Waals surface area (Å²) < 4.78 is 184. The second-order valence-corrected chi connectivity index (χ2v) is 26.9. The zero-order valence-corrected chi connectivity index (χ0v) is 51.6. The first-order chi connectivity index (χ1) is 40.4. The lowest BCUT2D eigenvalue weighted by atomic mass is 9.68. The van der Waals surface area contributed by atoms with Gasteiger partial charge in [0.05, 0.1) is 17.8 Å². The van der Waals surface area contributed by atoms with E-state index < -0.39 is 88.2 Å². The first-order valence-corrected chi connectivity index (χ1v) is 33.0. The maximum atomic E-state index is 14.7. The van der Waals surface area contributed by atoms with Crippen molar-refractivity contribution in [2.45, 2.75) is 266 Å². The summed E-state index contributed by atoms with van der Waals surface area (Å²) in [5.74, 6) is -3.07. The SMILES string of the molecule is C.CCC1CCC(C2CCC(C(F)(F)Oc3cc(F)c(C)c(F)c3)CC2)CC1.CCCC1CCC(C2CCC(C(F)(F)Oc3cc(F)c(C)c(F)c3)CC2)CC1.CCCCCC1CCC(C2CCC(C(F)(F)Oc3cc(F)c(C)c(F)c3)CC2)CC1. The van der Waals surface area contributed by atoms with E-state index in [0.717, 1.165) is 92.7 Å². The second-order valence-electron chi connectivity index (χ2n) is 26.9. The van der Waals surface area contributed by atoms with Crippen LogP contribution < -0.4 is 14.2 Å². The minimum atomic E-state index is -3.41. The standard InChI is InChI=1S/C25H36F4O.C23H32F4O.C22H30F4O.CH4/c1-3-4-5-6-18-7-9-19(10-8-18)20-11-13-21(14-12-20)25(28,29)30-22-15-23(26)17(2)24(27)16-22;1-3-4-16-5-7-17(8-6-16)18-9-11-19(12-10-18)23(26,27)28-20-13-21(24)15(2)22(25)14-20;1-3-15-4-6-16(7-5-15)17-8-10-18(11-9-17)22(25,26)27-19-12-20(23)14(2)21(24)13-19;/h15-16,18-21H,3-14H2,1-2H3;13-14,16-19H,3-12H2,1-2H3;12-13,15-18H,3-11H2,1-2H3;1H4. The van der Waals surface area contributed by atoms with Crippen molar-refractivity contribution in [3.05, 3.63) is 88.0 Å². The molecule has 0 saturated heterocycles. The summed E-state index contributed by atoms with van der Waals surface area (Å²) in [5, 5.41) is 0. The number of hydrogen-bond acceptors (Lipinski definition) is 3. The monoisotopic (exact) mass is 1230 g/mol. The van der Waals surface area contributed by atoms with Crippen molar-refractivity contribution < 1.29 is 66.9 Å². The fourth-order valence-corrected chi connectivity index (χ4v) is 15.6. The van der Waals surface area contributed by atoms with Gasteiger partial charge in [0.15, 0.2) is 0 Å². The third-order valence-corrected chi connectivity index (χ3v) is 21.4. The van der Waals surface area contributed by atoms with Gasteiger partial charge in [0.25, 0.3) is 0 Å². The molecule has 6 aliphatic carbocycles. The summed E-state index contributed by atoms with van der Waals surface area (Å²) in [4.78, 5) is 0. The van der Waals surface area contributed by atoms with Crippen LogP contribution in [0, 0.1) is 127 Å². The van der Waals surface area contributed by atoms with E-state index in [2.05, 4.69) is 20.8 Å². The van der Waals surface area contributed by atoms with Crippen LogP contribution in [0.2, 0.25) is 0 Å². The molecule has 3 aromatic carbocycles. The van der Waals surface area contributed by atoms with Crippen molar-refractivity contribution in [2.24, 2.45) is 71.0 Å². The van der Waals surface area contributed by atoms with E-state index in [4.69, 9.17) is 14.2 Å². The Kier molecular flexibility index (Phi) is 27.2. The van der Waals surface area contributed by atoms with Gasteiger partial charge in [-0.3, -0.25) is 0 Å². The number of ether oxygens (including phenoxy) is 3. The smallest absolute Gasteiger partial charge is 0.400 e. The van der Waals surface area contributed by atoms with Crippen LogP contribution in [0.1, 0.15) is 244 Å². The van der Waals surface area contributed by atoms with Gasteiger partial charge >= 0.3 is 18.3 Å². The average molecular weight is 1230 g/mol. The zero-order chi connectivity index (χ0) is 61.6. The molecule has 9 rings (SSSR count). The van der Waals surface area contributed by atoms with Crippen molar-refractivity contribution in [2.75, 3.05) is 0 Å². The Morgan fingerprint density at radius 3 is 0.791 bits per heavy atom. The number of hydrogen-bond donors (Lipinski definition) is 0. The van der Waals surface area contributed by atoms with Gasteiger partial charge in [-0.25, -0.2) is 26.3 Å². The molecule has 3 nitrogen and oxygen atoms in total. The lowest BCUT2D eigenvalue weighted by Crippen LogP contribution is -2.38. The molecule has 0 radical (unpaired) electrons. The van der Waals surface area contributed by atoms with Crippen molar-refractivity contribution in [1.82, 2.24) is 0 Å². The normalized spacial score (nSPS) is 28.4. The first kappa shape index (κ1) is 71.3. The average Bonchev–Trinajstić information content (AvgIpc) is 3.69. The highest BCUT2D eigenvalue weighted by atomic mass is 19.3. The predicted molar refractivity (Wildman–Crippen MR) is 319 cm³/mol. The number of halogens is 12. The Bertz CT molecular complexity index is 2420. The van der Waals surface area contributed by atoms with Crippen LogP contribution in [0.3, 0.4) is 0 Å². The lowest BCUT2D eigenvalue weighted by Gasteiger charge is -2.39. The molecule has 86 heavy (non-hydrogen) atoms. The molecule has 3 aromatic rings. The van der Waals surface area contributed by atoms with E-state index >= 15 is 0 Å². The van der Waals surface area contributed by atoms with Crippen molar-refractivity contribution in [3.8, 4) is 17.2 Å². The zero-order valence-electron chi connectivity index (χ0n) is 51.6. The molecular weight excluding hydrogens is 1130 g/mol. The molecule has 0 bridgehead atoms. The number of unbranched alkanes of at least 4 members (excludes halogenated alkanes) is 2. The Morgan fingerprint density at radius 2 is 0.558 bits per heavy atom. The fraction of sp³-hybridized carbons (Fsp3) is 0.746. The topological polar surface area (TPSA) is 27.7 Å². The van der Waals surface area contributed by atoms with E-state index in [1.54, 1.807) is 0 Å². The van der Waals surface area contributed by atoms with Crippen LogP contribution in [0.15, 0.2) is 36.4 Å². The van der Waals surface area contributed by atoms with Crippen LogP contribution in [0.25, 0.3) is 0 Å². The lowest BCUT2D eigenvalue weighted by molar-refractivity contribution is -0.225. The summed E-state index contributed by atoms with van der Waals surface area (Å²) >= 11 is 0. The van der Waals surface area contributed by atoms with E-state index in [9.17, 15) is 52.7 Å². The molecule has 6 fully saturated rings. The molecular formula is C71H102F12O3. The maximum Gasteiger partial charge on any atom is 0.400 e. The van der Waals surface area contributed by atoms with E-state index in [1.807, 2.05) is 0 Å². The van der Waals surface area contributed by atoms with Gasteiger partial charge in [-0.05, 0) is 190 Å². The molecule has 0 aromatic heterocycles. The van der Waals surface area contributed by atoms with Gasteiger partial charge in [0, 0.05) is 53.1 Å². The molecule has 0 unspecified atom stereocenters. The highest BCUT2D eigenvalue weighted by Crippen LogP contribution is 2.50. The Hall–Kier alpha value is -3.78. The molecule has 6 aliphatic rings. The Morgan fingerprint density at radius 1 is 0.326 bits per heavy atom. The van der Waals surface area contributed by atoms with Gasteiger partial charge in [-0.15, -0.1) is 0 Å². The summed E-state index contributed by atoms with van der Waals surface area (Å²) in [6.45, 7) is 10.5. The highest BCUT2D eigenvalue weighted by Gasteiger charge is 2.48. The molecule has 488 valence electrons. The maximum absolute atomic E-state index is 14.7. The van der Waals surface area contributed by atoms with Crippen molar-refractivity contribution in [1.29, 1.82) is 0 Å². The van der Waals surface area contributed by atoms with Crippen molar-refractivity contribution >= 4 is 0 Å². The largest absolute Gasteiger partial charge is 0.432 e. The first-order valence-electron chi connectivity index (χ1n) is 33.0. The van der Waals surface area contributed by atoms with Crippen LogP contribution in [-0.4, -0.2) is 18.3 Å². The van der Waals surface area contributed by atoms with Crippen LogP contribution >= 0.6 is 0 Å². The van der Waals surface area contributed by atoms with Gasteiger partial charge in [0.2, 0.25) is 0 Å². The molecule has 0 amide bonds. The van der Waals surface area contributed by atoms with Gasteiger partial charge in [-0.1, -0.05) is 112 Å². The summed E-state index contributed by atoms with van der Waals surface area (Å²) in [6, 6.07) is 5.04. The number of alkyl halides is 6. The molecule has 0 aliphatic heterocycles. The summed E-state index contributed by atoms with van der Waals surface area (Å²) in [5.41, 5.74) is -0.569. The third kappa shape index (κ3) is 19.9.